The van der Waals surface area contributed by atoms with Crippen LogP contribution < -0.4 is 5.32 Å². The molecule has 1 aliphatic rings. The smallest absolute Gasteiger partial charge is 0.305 e. The van der Waals surface area contributed by atoms with Crippen LogP contribution in [0.4, 0.5) is 0 Å². The lowest BCUT2D eigenvalue weighted by Gasteiger charge is -2.32. The third kappa shape index (κ3) is 2.22. The molecule has 1 saturated carbocycles. The van der Waals surface area contributed by atoms with E-state index >= 15 is 0 Å². The minimum absolute atomic E-state index is 0.0450. The molecule has 4 nitrogen and oxygen atoms in total. The zero-order valence-electron chi connectivity index (χ0n) is 6.82. The molecule has 0 aliphatic heterocycles. The van der Waals surface area contributed by atoms with Gasteiger partial charge in [-0.3, -0.25) is 9.59 Å². The standard InChI is InChI=1S/C8H13NO3/c10-5-9-7(4-8(11)12)6-2-1-3-6/h5-7H,1-4H2,(H,9,10)(H,11,12)/t7-/m1/s1. The normalized spacial score (nSPS) is 19.3. The van der Waals surface area contributed by atoms with Gasteiger partial charge in [-0.05, 0) is 18.8 Å². The van der Waals surface area contributed by atoms with E-state index in [1.54, 1.807) is 0 Å². The summed E-state index contributed by atoms with van der Waals surface area (Å²) in [7, 11) is 0. The van der Waals surface area contributed by atoms with E-state index in [-0.39, 0.29) is 12.5 Å². The van der Waals surface area contributed by atoms with E-state index in [9.17, 15) is 9.59 Å². The van der Waals surface area contributed by atoms with Crippen LogP contribution >= 0.6 is 0 Å². The Labute approximate surface area is 71.0 Å². The minimum Gasteiger partial charge on any atom is -0.481 e. The first kappa shape index (κ1) is 9.03. The van der Waals surface area contributed by atoms with E-state index in [4.69, 9.17) is 5.11 Å². The number of carboxylic acid groups (broad SMARTS) is 1. The molecular formula is C8H13NO3. The molecule has 0 aromatic rings. The minimum atomic E-state index is -0.846. The van der Waals surface area contributed by atoms with Gasteiger partial charge < -0.3 is 10.4 Å². The van der Waals surface area contributed by atoms with Gasteiger partial charge in [-0.2, -0.15) is 0 Å². The fourth-order valence-electron chi connectivity index (χ4n) is 1.48. The summed E-state index contributed by atoms with van der Waals surface area (Å²) in [5, 5.41) is 11.1. The molecule has 0 radical (unpaired) electrons. The molecule has 0 bridgehead atoms. The van der Waals surface area contributed by atoms with E-state index in [2.05, 4.69) is 5.32 Å². The zero-order valence-corrected chi connectivity index (χ0v) is 6.82. The summed E-state index contributed by atoms with van der Waals surface area (Å²) in [5.74, 6) is -0.465. The number of aliphatic carboxylic acids is 1. The van der Waals surface area contributed by atoms with Crippen LogP contribution in [-0.2, 0) is 9.59 Å². The molecule has 1 atom stereocenters. The Hall–Kier alpha value is -1.06. The van der Waals surface area contributed by atoms with Gasteiger partial charge in [0.25, 0.3) is 0 Å². The average Bonchev–Trinajstić information content (AvgIpc) is 1.81. The van der Waals surface area contributed by atoms with Crippen molar-refractivity contribution >= 4 is 12.4 Å². The molecule has 0 aromatic carbocycles. The second kappa shape index (κ2) is 4.09. The molecule has 2 N–H and O–H groups in total. The summed E-state index contributed by atoms with van der Waals surface area (Å²) >= 11 is 0. The van der Waals surface area contributed by atoms with Crippen molar-refractivity contribution < 1.29 is 14.7 Å². The van der Waals surface area contributed by atoms with E-state index in [1.165, 1.54) is 0 Å². The van der Waals surface area contributed by atoms with Crippen molar-refractivity contribution in [3.05, 3.63) is 0 Å². The molecule has 1 fully saturated rings. The molecule has 68 valence electrons. The lowest BCUT2D eigenvalue weighted by Crippen LogP contribution is -2.40. The molecule has 1 amide bonds. The summed E-state index contributed by atoms with van der Waals surface area (Å²) in [6.07, 6.45) is 3.87. The molecule has 1 rings (SSSR count). The van der Waals surface area contributed by atoms with Crippen LogP contribution in [0.5, 0.6) is 0 Å². The highest BCUT2D eigenvalue weighted by Gasteiger charge is 2.28. The van der Waals surface area contributed by atoms with Crippen LogP contribution in [0, 0.1) is 5.92 Å². The fourth-order valence-corrected chi connectivity index (χ4v) is 1.48. The van der Waals surface area contributed by atoms with Gasteiger partial charge in [-0.1, -0.05) is 6.42 Å². The molecule has 0 aromatic heterocycles. The Bertz CT molecular complexity index is 177. The first-order valence-corrected chi connectivity index (χ1v) is 4.15. The number of hydrogen-bond donors (Lipinski definition) is 2. The Morgan fingerprint density at radius 1 is 1.67 bits per heavy atom. The molecular weight excluding hydrogens is 158 g/mol. The van der Waals surface area contributed by atoms with Crippen molar-refractivity contribution in [1.29, 1.82) is 0 Å². The largest absolute Gasteiger partial charge is 0.481 e. The fraction of sp³-hybridized carbons (Fsp3) is 0.750. The number of carbonyl (C=O) groups excluding carboxylic acids is 1. The summed E-state index contributed by atoms with van der Waals surface area (Å²) < 4.78 is 0. The lowest BCUT2D eigenvalue weighted by molar-refractivity contribution is -0.138. The van der Waals surface area contributed by atoms with E-state index < -0.39 is 5.97 Å². The van der Waals surface area contributed by atoms with Crippen LogP contribution in [0.1, 0.15) is 25.7 Å². The molecule has 0 spiro atoms. The zero-order chi connectivity index (χ0) is 8.97. The van der Waals surface area contributed by atoms with Gasteiger partial charge in [-0.25, -0.2) is 0 Å². The van der Waals surface area contributed by atoms with Crippen LogP contribution in [-0.4, -0.2) is 23.5 Å². The van der Waals surface area contributed by atoms with Crippen molar-refractivity contribution in [2.75, 3.05) is 0 Å². The van der Waals surface area contributed by atoms with Gasteiger partial charge in [0.2, 0.25) is 6.41 Å². The predicted molar refractivity (Wildman–Crippen MR) is 42.6 cm³/mol. The number of nitrogens with one attached hydrogen (secondary N) is 1. The maximum Gasteiger partial charge on any atom is 0.305 e. The molecule has 1 aliphatic carbocycles. The van der Waals surface area contributed by atoms with Gasteiger partial charge in [0.1, 0.15) is 0 Å². The van der Waals surface area contributed by atoms with Gasteiger partial charge in [0.15, 0.2) is 0 Å². The molecule has 12 heavy (non-hydrogen) atoms. The van der Waals surface area contributed by atoms with Gasteiger partial charge in [0.05, 0.1) is 6.42 Å². The molecule has 0 heterocycles. The number of carbonyl (C=O) groups is 2. The lowest BCUT2D eigenvalue weighted by atomic mass is 9.78. The quantitative estimate of drug-likeness (QED) is 0.587. The second-order valence-electron chi connectivity index (χ2n) is 3.18. The van der Waals surface area contributed by atoms with Crippen molar-refractivity contribution in [2.24, 2.45) is 5.92 Å². The Kier molecular flexibility index (Phi) is 3.08. The third-order valence-corrected chi connectivity index (χ3v) is 2.40. The highest BCUT2D eigenvalue weighted by molar-refractivity contribution is 5.68. The Balaban J connectivity index is 2.36. The molecule has 0 saturated heterocycles. The second-order valence-corrected chi connectivity index (χ2v) is 3.18. The van der Waals surface area contributed by atoms with Gasteiger partial charge in [0, 0.05) is 6.04 Å². The van der Waals surface area contributed by atoms with Gasteiger partial charge >= 0.3 is 5.97 Å². The van der Waals surface area contributed by atoms with E-state index in [1.807, 2.05) is 0 Å². The van der Waals surface area contributed by atoms with Crippen LogP contribution in [0.15, 0.2) is 0 Å². The number of rotatable bonds is 5. The van der Waals surface area contributed by atoms with Crippen molar-refractivity contribution in [3.63, 3.8) is 0 Å². The summed E-state index contributed by atoms with van der Waals surface area (Å²) in [6.45, 7) is 0. The van der Waals surface area contributed by atoms with E-state index in [0.29, 0.717) is 12.3 Å². The number of carboxylic acids is 1. The first-order valence-electron chi connectivity index (χ1n) is 4.15. The summed E-state index contributed by atoms with van der Waals surface area (Å²) in [5.41, 5.74) is 0. The number of amides is 1. The maximum absolute atomic E-state index is 10.4. The maximum atomic E-state index is 10.4. The van der Waals surface area contributed by atoms with Crippen molar-refractivity contribution in [3.8, 4) is 0 Å². The van der Waals surface area contributed by atoms with Crippen LogP contribution in [0.25, 0.3) is 0 Å². The Morgan fingerprint density at radius 2 is 2.33 bits per heavy atom. The number of hydrogen-bond acceptors (Lipinski definition) is 2. The monoisotopic (exact) mass is 171 g/mol. The van der Waals surface area contributed by atoms with Crippen LogP contribution in [0.3, 0.4) is 0 Å². The highest BCUT2D eigenvalue weighted by Crippen LogP contribution is 2.30. The highest BCUT2D eigenvalue weighted by atomic mass is 16.4. The van der Waals surface area contributed by atoms with E-state index in [0.717, 1.165) is 19.3 Å². The van der Waals surface area contributed by atoms with Gasteiger partial charge in [-0.15, -0.1) is 0 Å². The molecule has 4 heteroatoms. The first-order chi connectivity index (χ1) is 5.74. The third-order valence-electron chi connectivity index (χ3n) is 2.40. The SMILES string of the molecule is O=CN[C@H](CC(=O)O)C1CCC1. The predicted octanol–water partition coefficient (Wildman–Crippen LogP) is 0.376. The van der Waals surface area contributed by atoms with Crippen LogP contribution in [0.2, 0.25) is 0 Å². The average molecular weight is 171 g/mol. The summed E-state index contributed by atoms with van der Waals surface area (Å²) in [6, 6.07) is -0.159. The summed E-state index contributed by atoms with van der Waals surface area (Å²) in [4.78, 5) is 20.5. The molecule has 0 unspecified atom stereocenters. The Morgan fingerprint density at radius 3 is 2.67 bits per heavy atom. The van der Waals surface area contributed by atoms with Crippen molar-refractivity contribution in [2.45, 2.75) is 31.7 Å². The van der Waals surface area contributed by atoms with Crippen molar-refractivity contribution in [1.82, 2.24) is 5.32 Å². The topological polar surface area (TPSA) is 66.4 Å².